The molecule has 0 aliphatic carbocycles. The van der Waals surface area contributed by atoms with Crippen LogP contribution in [0.5, 0.6) is 0 Å². The summed E-state index contributed by atoms with van der Waals surface area (Å²) in [6, 6.07) is 11.0. The molecule has 2 aromatic carbocycles. The number of aromatic nitrogens is 3. The predicted octanol–water partition coefficient (Wildman–Crippen LogP) is 4.95. The highest BCUT2D eigenvalue weighted by molar-refractivity contribution is 5.99. The molecule has 29 heavy (non-hydrogen) atoms. The van der Waals surface area contributed by atoms with E-state index in [-0.39, 0.29) is 17.5 Å². The molecule has 4 aromatic rings. The van der Waals surface area contributed by atoms with E-state index < -0.39 is 4.92 Å². The van der Waals surface area contributed by atoms with E-state index in [1.807, 2.05) is 13.8 Å². The highest BCUT2D eigenvalue weighted by atomic mass is 19.1. The number of non-ortho nitro benzene ring substituents is 1. The standard InChI is InChI=1S/C21H18FN5O2/c1-13(18-12-24-26(14(18)2)16-5-3-15(22)4-6-16)25-20-7-8-21(27(28)29)19-11-23-10-9-17(19)20/h3-13,25H,1-2H3. The first-order valence-electron chi connectivity index (χ1n) is 9.04. The molecule has 8 heteroatoms. The van der Waals surface area contributed by atoms with Gasteiger partial charge in [0.15, 0.2) is 0 Å². The lowest BCUT2D eigenvalue weighted by Gasteiger charge is -2.17. The summed E-state index contributed by atoms with van der Waals surface area (Å²) in [7, 11) is 0. The van der Waals surface area contributed by atoms with Crippen LogP contribution in [0.2, 0.25) is 0 Å². The fraction of sp³-hybridized carbons (Fsp3) is 0.143. The molecule has 0 spiro atoms. The lowest BCUT2D eigenvalue weighted by Crippen LogP contribution is -2.09. The van der Waals surface area contributed by atoms with Crippen molar-refractivity contribution in [3.8, 4) is 5.69 Å². The zero-order chi connectivity index (χ0) is 20.5. The third kappa shape index (κ3) is 3.40. The number of anilines is 1. The van der Waals surface area contributed by atoms with E-state index >= 15 is 0 Å². The van der Waals surface area contributed by atoms with Crippen LogP contribution in [0.4, 0.5) is 15.8 Å². The number of nitro groups is 1. The van der Waals surface area contributed by atoms with E-state index in [0.717, 1.165) is 28.0 Å². The average molecular weight is 391 g/mol. The number of fused-ring (bicyclic) bond motifs is 1. The van der Waals surface area contributed by atoms with Crippen molar-refractivity contribution < 1.29 is 9.31 Å². The summed E-state index contributed by atoms with van der Waals surface area (Å²) in [5.41, 5.74) is 3.45. The van der Waals surface area contributed by atoms with Crippen LogP contribution in [-0.4, -0.2) is 19.7 Å². The van der Waals surface area contributed by atoms with E-state index in [2.05, 4.69) is 15.4 Å². The number of nitrogens with one attached hydrogen (secondary N) is 1. The topological polar surface area (TPSA) is 85.9 Å². The van der Waals surface area contributed by atoms with Gasteiger partial charge in [-0.3, -0.25) is 15.1 Å². The number of benzene rings is 2. The summed E-state index contributed by atoms with van der Waals surface area (Å²) < 4.78 is 15.0. The van der Waals surface area contributed by atoms with Gasteiger partial charge in [-0.05, 0) is 50.2 Å². The van der Waals surface area contributed by atoms with Crippen molar-refractivity contribution in [3.05, 3.63) is 88.2 Å². The Bertz CT molecular complexity index is 1200. The number of nitro benzene ring substituents is 1. The number of hydrogen-bond acceptors (Lipinski definition) is 5. The quantitative estimate of drug-likeness (QED) is 0.384. The molecule has 0 saturated carbocycles. The number of hydrogen-bond donors (Lipinski definition) is 1. The van der Waals surface area contributed by atoms with Crippen LogP contribution in [0.1, 0.15) is 24.2 Å². The number of rotatable bonds is 5. The lowest BCUT2D eigenvalue weighted by atomic mass is 10.1. The normalized spacial score (nSPS) is 12.1. The summed E-state index contributed by atoms with van der Waals surface area (Å²) in [5.74, 6) is -0.298. The molecule has 1 unspecified atom stereocenters. The van der Waals surface area contributed by atoms with Crippen molar-refractivity contribution in [2.24, 2.45) is 0 Å². The summed E-state index contributed by atoms with van der Waals surface area (Å²) in [6.07, 6.45) is 4.88. The summed E-state index contributed by atoms with van der Waals surface area (Å²) in [6.45, 7) is 3.94. The largest absolute Gasteiger partial charge is 0.378 e. The molecule has 7 nitrogen and oxygen atoms in total. The molecule has 2 heterocycles. The van der Waals surface area contributed by atoms with E-state index in [9.17, 15) is 14.5 Å². The maximum Gasteiger partial charge on any atom is 0.278 e. The Labute approximate surface area is 166 Å². The fourth-order valence-electron chi connectivity index (χ4n) is 3.46. The second-order valence-corrected chi connectivity index (χ2v) is 6.75. The van der Waals surface area contributed by atoms with Crippen molar-refractivity contribution in [1.82, 2.24) is 14.8 Å². The minimum atomic E-state index is -0.409. The first-order chi connectivity index (χ1) is 14.0. The Balaban J connectivity index is 1.67. The molecule has 0 radical (unpaired) electrons. The van der Waals surface area contributed by atoms with Crippen LogP contribution in [0, 0.1) is 22.9 Å². The fourth-order valence-corrected chi connectivity index (χ4v) is 3.46. The Kier molecular flexibility index (Phi) is 4.67. The van der Waals surface area contributed by atoms with E-state index in [1.165, 1.54) is 24.4 Å². The molecule has 4 rings (SSSR count). The molecular weight excluding hydrogens is 373 g/mol. The van der Waals surface area contributed by atoms with Gasteiger partial charge in [0.2, 0.25) is 0 Å². The van der Waals surface area contributed by atoms with E-state index in [1.54, 1.807) is 41.3 Å². The third-order valence-corrected chi connectivity index (χ3v) is 4.95. The van der Waals surface area contributed by atoms with Gasteiger partial charge >= 0.3 is 0 Å². The van der Waals surface area contributed by atoms with E-state index in [4.69, 9.17) is 0 Å². The monoisotopic (exact) mass is 391 g/mol. The van der Waals surface area contributed by atoms with Crippen molar-refractivity contribution in [3.63, 3.8) is 0 Å². The smallest absolute Gasteiger partial charge is 0.278 e. The minimum Gasteiger partial charge on any atom is -0.378 e. The van der Waals surface area contributed by atoms with Crippen LogP contribution in [0.15, 0.2) is 61.1 Å². The minimum absolute atomic E-state index is 0.0200. The molecule has 0 aliphatic heterocycles. The summed E-state index contributed by atoms with van der Waals surface area (Å²) in [4.78, 5) is 14.9. The maximum absolute atomic E-state index is 13.2. The van der Waals surface area contributed by atoms with Gasteiger partial charge in [0, 0.05) is 40.8 Å². The van der Waals surface area contributed by atoms with Gasteiger partial charge in [0.1, 0.15) is 5.82 Å². The summed E-state index contributed by atoms with van der Waals surface area (Å²) in [5, 5.41) is 20.4. The molecular formula is C21H18FN5O2. The second-order valence-electron chi connectivity index (χ2n) is 6.75. The second kappa shape index (κ2) is 7.31. The van der Waals surface area contributed by atoms with Crippen LogP contribution in [-0.2, 0) is 0 Å². The zero-order valence-corrected chi connectivity index (χ0v) is 15.8. The van der Waals surface area contributed by atoms with Gasteiger partial charge in [0.05, 0.1) is 28.2 Å². The molecule has 0 saturated heterocycles. The first kappa shape index (κ1) is 18.5. The van der Waals surface area contributed by atoms with Crippen LogP contribution >= 0.6 is 0 Å². The van der Waals surface area contributed by atoms with Gasteiger partial charge in [0.25, 0.3) is 5.69 Å². The van der Waals surface area contributed by atoms with Crippen molar-refractivity contribution >= 4 is 22.1 Å². The molecule has 0 amide bonds. The number of nitrogens with zero attached hydrogens (tertiary/aromatic N) is 4. The van der Waals surface area contributed by atoms with Crippen LogP contribution in [0.25, 0.3) is 16.5 Å². The summed E-state index contributed by atoms with van der Waals surface area (Å²) >= 11 is 0. The highest BCUT2D eigenvalue weighted by Gasteiger charge is 2.18. The zero-order valence-electron chi connectivity index (χ0n) is 15.8. The lowest BCUT2D eigenvalue weighted by molar-refractivity contribution is -0.383. The molecule has 0 bridgehead atoms. The van der Waals surface area contributed by atoms with Gasteiger partial charge in [-0.15, -0.1) is 0 Å². The van der Waals surface area contributed by atoms with Crippen molar-refractivity contribution in [1.29, 1.82) is 0 Å². The first-order valence-corrected chi connectivity index (χ1v) is 9.04. The molecule has 1 N–H and O–H groups in total. The Morgan fingerprint density at radius 1 is 1.10 bits per heavy atom. The number of pyridine rings is 1. The Hall–Kier alpha value is -3.81. The third-order valence-electron chi connectivity index (χ3n) is 4.95. The van der Waals surface area contributed by atoms with Crippen LogP contribution < -0.4 is 5.32 Å². The predicted molar refractivity (Wildman–Crippen MR) is 109 cm³/mol. The Morgan fingerprint density at radius 2 is 1.86 bits per heavy atom. The van der Waals surface area contributed by atoms with Gasteiger partial charge in [-0.2, -0.15) is 5.10 Å². The SMILES string of the molecule is Cc1c(C(C)Nc2ccc([N+](=O)[O-])c3cnccc23)cnn1-c1ccc(F)cc1. The maximum atomic E-state index is 13.2. The Morgan fingerprint density at radius 3 is 2.59 bits per heavy atom. The molecule has 146 valence electrons. The number of halogens is 1. The molecule has 0 aliphatic rings. The van der Waals surface area contributed by atoms with Crippen LogP contribution in [0.3, 0.4) is 0 Å². The molecule has 1 atom stereocenters. The van der Waals surface area contributed by atoms with Crippen molar-refractivity contribution in [2.45, 2.75) is 19.9 Å². The average Bonchev–Trinajstić information content (AvgIpc) is 3.10. The van der Waals surface area contributed by atoms with Crippen molar-refractivity contribution in [2.75, 3.05) is 5.32 Å². The van der Waals surface area contributed by atoms with Gasteiger partial charge in [-0.25, -0.2) is 9.07 Å². The molecule has 0 fully saturated rings. The van der Waals surface area contributed by atoms with Gasteiger partial charge in [-0.1, -0.05) is 0 Å². The molecule has 2 aromatic heterocycles. The van der Waals surface area contributed by atoms with Gasteiger partial charge < -0.3 is 5.32 Å². The highest BCUT2D eigenvalue weighted by Crippen LogP contribution is 2.33. The van der Waals surface area contributed by atoms with E-state index in [0.29, 0.717) is 5.39 Å².